The summed E-state index contributed by atoms with van der Waals surface area (Å²) < 4.78 is 27.4. The van der Waals surface area contributed by atoms with E-state index in [0.29, 0.717) is 72.8 Å². The van der Waals surface area contributed by atoms with Crippen LogP contribution in [-0.2, 0) is 23.3 Å². The molecule has 0 atom stereocenters. The molecule has 50 heavy (non-hydrogen) atoms. The number of halogens is 1. The van der Waals surface area contributed by atoms with E-state index in [1.165, 1.54) is 17.5 Å². The van der Waals surface area contributed by atoms with Gasteiger partial charge in [-0.25, -0.2) is 9.78 Å². The number of Topliss-reactive ketones (excluding diaryl/α,β-unsaturated/α-hetero) is 3. The van der Waals surface area contributed by atoms with E-state index in [4.69, 9.17) is 23.7 Å². The average molecular weight is 835 g/mol. The molecule has 0 aliphatic carbocycles. The van der Waals surface area contributed by atoms with E-state index in [1.54, 1.807) is 85.9 Å². The molecule has 6 rings (SSSR count). The predicted octanol–water partition coefficient (Wildman–Crippen LogP) is 7.12. The number of carbonyl (C=O) groups excluding carboxylic acids is 4. The van der Waals surface area contributed by atoms with Crippen LogP contribution in [0.1, 0.15) is 68.9 Å². The van der Waals surface area contributed by atoms with Gasteiger partial charge in [-0.1, -0.05) is 41.6 Å². The number of ether oxygens (including phenoxy) is 5. The normalized spacial score (nSPS) is 11.4. The van der Waals surface area contributed by atoms with Crippen LogP contribution in [0, 0.1) is 7.43 Å². The first kappa shape index (κ1) is 43.8. The molecule has 13 heteroatoms. The minimum Gasteiger partial charge on any atom is -0.486 e. The van der Waals surface area contributed by atoms with Gasteiger partial charge in [0.15, 0.2) is 40.3 Å². The number of esters is 1. The van der Waals surface area contributed by atoms with Crippen LogP contribution < -0.4 is 18.9 Å². The number of aromatic nitrogens is 2. The summed E-state index contributed by atoms with van der Waals surface area (Å²) >= 11 is 2.29. The Bertz CT molecular complexity index is 1660. The molecule has 0 spiro atoms. The zero-order valence-electron chi connectivity index (χ0n) is 28.4. The fraction of sp³-hybridized carbons (Fsp3) is 0.270. The molecule has 2 aliphatic heterocycles. The number of pyridine rings is 2. The van der Waals surface area contributed by atoms with Crippen LogP contribution in [-0.4, -0.2) is 70.7 Å². The first-order chi connectivity index (χ1) is 23.3. The summed E-state index contributed by atoms with van der Waals surface area (Å²) in [5.74, 6) is 1.66. The Morgan fingerprint density at radius 2 is 1.14 bits per heavy atom. The zero-order chi connectivity index (χ0) is 34.7. The van der Waals surface area contributed by atoms with Crippen molar-refractivity contribution >= 4 is 45.9 Å². The summed E-state index contributed by atoms with van der Waals surface area (Å²) in [6.07, 6.45) is 2.88. The van der Waals surface area contributed by atoms with Crippen LogP contribution >= 0.6 is 22.6 Å². The summed E-state index contributed by atoms with van der Waals surface area (Å²) in [4.78, 5) is 53.9. The smallest absolute Gasteiger partial charge is 0.356 e. The van der Waals surface area contributed by atoms with E-state index >= 15 is 0 Å². The quantitative estimate of drug-likeness (QED) is 0.0470. The first-order valence-electron chi connectivity index (χ1n) is 15.2. The Hall–Kier alpha value is -4.27. The van der Waals surface area contributed by atoms with E-state index in [0.717, 1.165) is 5.75 Å². The molecule has 0 N–H and O–H groups in total. The third-order valence-electron chi connectivity index (χ3n) is 6.23. The summed E-state index contributed by atoms with van der Waals surface area (Å²) in [7, 11) is 0. The Labute approximate surface area is 318 Å². The van der Waals surface area contributed by atoms with Crippen molar-refractivity contribution in [3.63, 3.8) is 0 Å². The minimum absolute atomic E-state index is 0. The van der Waals surface area contributed by atoms with E-state index in [2.05, 4.69) is 39.5 Å². The molecule has 4 aromatic rings. The van der Waals surface area contributed by atoms with Gasteiger partial charge in [-0.15, -0.1) is 0 Å². The van der Waals surface area contributed by atoms with Crippen LogP contribution in [0.5, 0.6) is 23.0 Å². The summed E-state index contributed by atoms with van der Waals surface area (Å²) in [6, 6.07) is 20.3. The maximum Gasteiger partial charge on any atom is 0.356 e. The topological polar surface area (TPSA) is 140 Å². The number of carbonyl (C=O) groups is 4. The second-order valence-corrected chi connectivity index (χ2v) is 11.2. The Kier molecular flexibility index (Phi) is 21.0. The molecule has 0 bridgehead atoms. The number of rotatable bonds is 7. The number of hydrogen-bond acceptors (Lipinski definition) is 11. The molecular formula is C37H40IN2O9V-. The van der Waals surface area contributed by atoms with Crippen LogP contribution in [0.2, 0.25) is 0 Å². The van der Waals surface area contributed by atoms with E-state index in [1.807, 2.05) is 0 Å². The average Bonchev–Trinajstić information content (AvgIpc) is 3.13. The predicted molar refractivity (Wildman–Crippen MR) is 194 cm³/mol. The van der Waals surface area contributed by atoms with Crippen molar-refractivity contribution in [3.05, 3.63) is 115 Å². The number of nitrogens with zero attached hydrogens (tertiary/aromatic N) is 2. The third kappa shape index (κ3) is 14.3. The number of alkyl halides is 1. The molecule has 0 saturated carbocycles. The number of benzene rings is 2. The van der Waals surface area contributed by atoms with E-state index < -0.39 is 0 Å². The van der Waals surface area contributed by atoms with Crippen molar-refractivity contribution in [2.45, 2.75) is 27.2 Å². The fourth-order valence-corrected chi connectivity index (χ4v) is 4.03. The van der Waals surface area contributed by atoms with Crippen molar-refractivity contribution < 1.29 is 61.4 Å². The van der Waals surface area contributed by atoms with Crippen LogP contribution in [0.3, 0.4) is 0 Å². The molecule has 0 fully saturated rings. The van der Waals surface area contributed by atoms with Crippen molar-refractivity contribution in [1.82, 2.24) is 9.97 Å². The van der Waals surface area contributed by atoms with Gasteiger partial charge in [0.05, 0.1) is 13.0 Å². The van der Waals surface area contributed by atoms with Crippen LogP contribution in [0.25, 0.3) is 0 Å². The molecule has 2 aliphatic rings. The van der Waals surface area contributed by atoms with Gasteiger partial charge in [0.25, 0.3) is 0 Å². The molecule has 4 heterocycles. The van der Waals surface area contributed by atoms with Crippen LogP contribution in [0.4, 0.5) is 0 Å². The van der Waals surface area contributed by atoms with Gasteiger partial charge in [-0.05, 0) is 78.9 Å². The summed E-state index contributed by atoms with van der Waals surface area (Å²) in [5.41, 5.74) is 1.74. The van der Waals surface area contributed by atoms with Crippen LogP contribution in [0.15, 0.2) is 85.2 Å². The molecule has 265 valence electrons. The molecule has 11 nitrogen and oxygen atoms in total. The molecule has 0 unspecified atom stereocenters. The van der Waals surface area contributed by atoms with E-state index in [9.17, 15) is 19.2 Å². The Morgan fingerprint density at radius 1 is 0.680 bits per heavy atom. The van der Waals surface area contributed by atoms with Crippen molar-refractivity contribution in [2.24, 2.45) is 0 Å². The maximum absolute atomic E-state index is 12.2. The molecular weight excluding hydrogens is 794 g/mol. The van der Waals surface area contributed by atoms with E-state index in [-0.39, 0.29) is 55.7 Å². The minimum atomic E-state index is -0.367. The number of ketones is 3. The van der Waals surface area contributed by atoms with Gasteiger partial charge in [-0.3, -0.25) is 19.4 Å². The first-order valence-corrected chi connectivity index (χ1v) is 16.7. The molecule has 1 radical (unpaired) electrons. The van der Waals surface area contributed by atoms with Crippen molar-refractivity contribution in [2.75, 3.05) is 37.5 Å². The van der Waals surface area contributed by atoms with Gasteiger partial charge in [-0.2, -0.15) is 0 Å². The molecule has 0 saturated heterocycles. The van der Waals surface area contributed by atoms with Gasteiger partial charge in [0.1, 0.15) is 37.8 Å². The summed E-state index contributed by atoms with van der Waals surface area (Å²) in [6.45, 7) is 7.87. The van der Waals surface area contributed by atoms with Gasteiger partial charge in [0, 0.05) is 42.1 Å². The second kappa shape index (κ2) is 24.0. The summed E-state index contributed by atoms with van der Waals surface area (Å²) in [5, 5.41) is 0. The Balaban J connectivity index is 0.000000374. The van der Waals surface area contributed by atoms with Gasteiger partial charge in [0.2, 0.25) is 0 Å². The molecule has 2 aromatic heterocycles. The SMILES string of the molecule is CC(=O)c1ccc2c(c1)OCCO2.CCI.CCOC(=O)c1ccccn1.O=C(CC(=O)c1ccccn1)c1ccc2c(c1)OCCO2.[CH3-].[V]. The van der Waals surface area contributed by atoms with Gasteiger partial charge < -0.3 is 31.1 Å². The molecule has 0 amide bonds. The molecule has 2 aromatic carbocycles. The zero-order valence-corrected chi connectivity index (χ0v) is 32.0. The standard InChI is InChI=1S/C16H13NO4.C10H10O3.C8H9NO2.C2H5I.CH3.V/c18-13(10-14(19)12-3-1-2-6-17-12)11-4-5-15-16(9-11)21-8-7-20-15;1-7(11)8-2-3-9-10(6-8)13-5-4-12-9;1-2-11-8(10)7-5-3-4-6-9-7;1-2-3;;/h1-6,9H,7-8,10H2;2-3,6H,4-5H2,1H3;3-6H,2H2,1H3;2H2,1H3;1H3;/q;;;;-1;. The third-order valence-corrected chi connectivity index (χ3v) is 6.23. The van der Waals surface area contributed by atoms with Gasteiger partial charge >= 0.3 is 5.97 Å². The maximum atomic E-state index is 12.2. The second-order valence-electron chi connectivity index (χ2n) is 9.71. The Morgan fingerprint density at radius 3 is 1.60 bits per heavy atom. The fourth-order valence-electron chi connectivity index (χ4n) is 4.03. The number of hydrogen-bond donors (Lipinski definition) is 0. The van der Waals surface area contributed by atoms with Crippen molar-refractivity contribution in [1.29, 1.82) is 0 Å². The number of fused-ring (bicyclic) bond motifs is 2. The monoisotopic (exact) mass is 834 g/mol. The van der Waals surface area contributed by atoms with Crippen molar-refractivity contribution in [3.8, 4) is 23.0 Å². The largest absolute Gasteiger partial charge is 0.486 e.